The van der Waals surface area contributed by atoms with Gasteiger partial charge in [0.25, 0.3) is 0 Å². The molecule has 1 atom stereocenters. The van der Waals surface area contributed by atoms with Crippen molar-refractivity contribution < 1.29 is 9.90 Å². The maximum absolute atomic E-state index is 10.4. The third-order valence-electron chi connectivity index (χ3n) is 1.75. The highest BCUT2D eigenvalue weighted by Gasteiger charge is 2.12. The van der Waals surface area contributed by atoms with Crippen LogP contribution in [0.2, 0.25) is 0 Å². The Hall–Kier alpha value is -0.0500. The minimum Gasteiger partial charge on any atom is -0.481 e. The van der Waals surface area contributed by atoms with Gasteiger partial charge in [-0.15, -0.1) is 17.0 Å². The summed E-state index contributed by atoms with van der Waals surface area (Å²) in [7, 11) is 0. The van der Waals surface area contributed by atoms with Crippen LogP contribution in [-0.2, 0) is 4.79 Å². The lowest BCUT2D eigenvalue weighted by atomic mass is 10.00. The van der Waals surface area contributed by atoms with Gasteiger partial charge in [-0.1, -0.05) is 26.7 Å². The van der Waals surface area contributed by atoms with Crippen LogP contribution in [0, 0.1) is 5.92 Å². The molecule has 11 heavy (non-hydrogen) atoms. The van der Waals surface area contributed by atoms with Crippen molar-refractivity contribution in [1.29, 1.82) is 0 Å². The second kappa shape index (κ2) is 8.05. The van der Waals surface area contributed by atoms with Gasteiger partial charge in [-0.2, -0.15) is 0 Å². The van der Waals surface area contributed by atoms with Crippen molar-refractivity contribution in [2.45, 2.75) is 39.5 Å². The molecule has 0 fully saturated rings. The van der Waals surface area contributed by atoms with Crippen molar-refractivity contribution in [3.05, 3.63) is 0 Å². The molecule has 1 N–H and O–H groups in total. The van der Waals surface area contributed by atoms with E-state index in [-0.39, 0.29) is 22.9 Å². The summed E-state index contributed by atoms with van der Waals surface area (Å²) in [6.07, 6.45) is 3.71. The van der Waals surface area contributed by atoms with Gasteiger partial charge in [-0.25, -0.2) is 0 Å². The molecule has 0 amide bonds. The monoisotopic (exact) mass is 224 g/mol. The van der Waals surface area contributed by atoms with Crippen LogP contribution in [0.5, 0.6) is 0 Å². The summed E-state index contributed by atoms with van der Waals surface area (Å²) in [5.41, 5.74) is 0. The Morgan fingerprint density at radius 1 is 1.45 bits per heavy atom. The van der Waals surface area contributed by atoms with E-state index in [9.17, 15) is 4.79 Å². The maximum Gasteiger partial charge on any atom is 0.306 e. The zero-order valence-electron chi connectivity index (χ0n) is 7.17. The number of hydrogen-bond acceptors (Lipinski definition) is 1. The Labute approximate surface area is 78.8 Å². The summed E-state index contributed by atoms with van der Waals surface area (Å²) >= 11 is 0. The molecule has 3 heteroatoms. The lowest BCUT2D eigenvalue weighted by Gasteiger charge is -2.06. The van der Waals surface area contributed by atoms with Gasteiger partial charge < -0.3 is 5.11 Å². The summed E-state index contributed by atoms with van der Waals surface area (Å²) in [4.78, 5) is 10.4. The van der Waals surface area contributed by atoms with Gasteiger partial charge in [0, 0.05) is 0 Å². The molecule has 0 aliphatic carbocycles. The average Bonchev–Trinajstić information content (AvgIpc) is 1.89. The van der Waals surface area contributed by atoms with E-state index < -0.39 is 5.97 Å². The molecule has 0 aliphatic rings. The highest BCUT2D eigenvalue weighted by atomic mass is 79.9. The van der Waals surface area contributed by atoms with Gasteiger partial charge in [0.15, 0.2) is 0 Å². The van der Waals surface area contributed by atoms with Gasteiger partial charge in [0.2, 0.25) is 0 Å². The second-order valence-corrected chi connectivity index (χ2v) is 2.59. The van der Waals surface area contributed by atoms with Crippen LogP contribution in [0.3, 0.4) is 0 Å². The fourth-order valence-electron chi connectivity index (χ4n) is 0.953. The zero-order chi connectivity index (χ0) is 7.98. The fourth-order valence-corrected chi connectivity index (χ4v) is 0.953. The predicted octanol–water partition coefficient (Wildman–Crippen LogP) is 2.87. The molecule has 68 valence electrons. The standard InChI is InChI=1S/C8H16O2.BrH/c1-3-5-6-7(4-2)8(9)10;/h7H,3-6H2,1-2H3,(H,9,10);1H. The number of carboxylic acid groups (broad SMARTS) is 1. The van der Waals surface area contributed by atoms with E-state index in [1.165, 1.54) is 0 Å². The first-order valence-corrected chi connectivity index (χ1v) is 3.95. The Kier molecular flexibility index (Phi) is 9.90. The number of unbranched alkanes of at least 4 members (excludes halogenated alkanes) is 1. The molecule has 1 unspecified atom stereocenters. The van der Waals surface area contributed by atoms with Crippen LogP contribution in [0.4, 0.5) is 0 Å². The summed E-state index contributed by atoms with van der Waals surface area (Å²) in [5, 5.41) is 8.60. The van der Waals surface area contributed by atoms with E-state index in [0.29, 0.717) is 0 Å². The van der Waals surface area contributed by atoms with Gasteiger partial charge in [0.05, 0.1) is 5.92 Å². The van der Waals surface area contributed by atoms with Crippen molar-refractivity contribution in [3.63, 3.8) is 0 Å². The summed E-state index contributed by atoms with van der Waals surface area (Å²) in [6.45, 7) is 4.00. The SMILES string of the molecule is Br.CCCCC(CC)C(=O)O. The molecule has 0 aromatic heterocycles. The predicted molar refractivity (Wildman–Crippen MR) is 51.3 cm³/mol. The molecule has 0 saturated heterocycles. The molecule has 0 aromatic carbocycles. The van der Waals surface area contributed by atoms with E-state index in [0.717, 1.165) is 25.7 Å². The Morgan fingerprint density at radius 3 is 2.27 bits per heavy atom. The average molecular weight is 225 g/mol. The molecule has 0 heterocycles. The Morgan fingerprint density at radius 2 is 2.00 bits per heavy atom. The van der Waals surface area contributed by atoms with Crippen LogP contribution in [-0.4, -0.2) is 11.1 Å². The summed E-state index contributed by atoms with van der Waals surface area (Å²) in [6, 6.07) is 0. The van der Waals surface area contributed by atoms with E-state index in [4.69, 9.17) is 5.11 Å². The van der Waals surface area contributed by atoms with Crippen molar-refractivity contribution in [2.75, 3.05) is 0 Å². The number of rotatable bonds is 5. The molecule has 0 rings (SSSR count). The minimum absolute atomic E-state index is 0. The molecule has 0 saturated carbocycles. The van der Waals surface area contributed by atoms with Crippen LogP contribution in [0.1, 0.15) is 39.5 Å². The topological polar surface area (TPSA) is 37.3 Å². The molecule has 0 radical (unpaired) electrons. The van der Waals surface area contributed by atoms with Gasteiger partial charge in [-0.3, -0.25) is 4.79 Å². The molecular weight excluding hydrogens is 208 g/mol. The van der Waals surface area contributed by atoms with Gasteiger partial charge in [-0.05, 0) is 12.8 Å². The van der Waals surface area contributed by atoms with Crippen molar-refractivity contribution in [3.8, 4) is 0 Å². The molecule has 0 aliphatic heterocycles. The molecule has 2 nitrogen and oxygen atoms in total. The maximum atomic E-state index is 10.4. The van der Waals surface area contributed by atoms with Crippen molar-refractivity contribution in [2.24, 2.45) is 5.92 Å². The number of aliphatic carboxylic acids is 1. The third-order valence-corrected chi connectivity index (χ3v) is 1.75. The molecule has 0 spiro atoms. The van der Waals surface area contributed by atoms with Crippen LogP contribution in [0.25, 0.3) is 0 Å². The van der Waals surface area contributed by atoms with Crippen molar-refractivity contribution >= 4 is 23.0 Å². The summed E-state index contributed by atoms with van der Waals surface area (Å²) in [5.74, 6) is -0.754. The number of carboxylic acids is 1. The largest absolute Gasteiger partial charge is 0.481 e. The number of hydrogen-bond donors (Lipinski definition) is 1. The first-order valence-electron chi connectivity index (χ1n) is 3.95. The van der Waals surface area contributed by atoms with Crippen LogP contribution >= 0.6 is 17.0 Å². The minimum atomic E-state index is -0.643. The number of carbonyl (C=O) groups is 1. The lowest BCUT2D eigenvalue weighted by molar-refractivity contribution is -0.142. The Bertz CT molecular complexity index is 104. The first kappa shape index (κ1) is 13.5. The highest BCUT2D eigenvalue weighted by molar-refractivity contribution is 8.93. The molecule has 0 aromatic rings. The van der Waals surface area contributed by atoms with Gasteiger partial charge in [0.1, 0.15) is 0 Å². The fraction of sp³-hybridized carbons (Fsp3) is 0.875. The Balaban J connectivity index is 0. The molecule has 0 bridgehead atoms. The first-order chi connectivity index (χ1) is 4.72. The molecular formula is C8H17BrO2. The van der Waals surface area contributed by atoms with E-state index in [1.54, 1.807) is 0 Å². The normalized spacial score (nSPS) is 11.8. The number of halogens is 1. The lowest BCUT2D eigenvalue weighted by Crippen LogP contribution is -2.11. The quantitative estimate of drug-likeness (QED) is 0.781. The van der Waals surface area contributed by atoms with Crippen LogP contribution < -0.4 is 0 Å². The van der Waals surface area contributed by atoms with Gasteiger partial charge >= 0.3 is 5.97 Å². The van der Waals surface area contributed by atoms with Crippen LogP contribution in [0.15, 0.2) is 0 Å². The third kappa shape index (κ3) is 6.35. The van der Waals surface area contributed by atoms with E-state index >= 15 is 0 Å². The van der Waals surface area contributed by atoms with Crippen molar-refractivity contribution in [1.82, 2.24) is 0 Å². The second-order valence-electron chi connectivity index (χ2n) is 2.59. The zero-order valence-corrected chi connectivity index (χ0v) is 8.88. The van der Waals surface area contributed by atoms with E-state index in [2.05, 4.69) is 6.92 Å². The highest BCUT2D eigenvalue weighted by Crippen LogP contribution is 2.11. The summed E-state index contributed by atoms with van der Waals surface area (Å²) < 4.78 is 0. The van der Waals surface area contributed by atoms with E-state index in [1.807, 2.05) is 6.92 Å². The smallest absolute Gasteiger partial charge is 0.306 e.